The fourth-order valence-corrected chi connectivity index (χ4v) is 4.38. The number of aromatic hydroxyl groups is 3. The molecule has 0 bridgehead atoms. The molecule has 3 N–H and O–H groups in total. The molecular weight excluding hydrogens is 496 g/mol. The van der Waals surface area contributed by atoms with Crippen LogP contribution in [-0.4, -0.2) is 49.7 Å². The third-order valence-electron chi connectivity index (χ3n) is 6.25. The van der Waals surface area contributed by atoms with Gasteiger partial charge in [-0.05, 0) is 6.07 Å². The average molecular weight is 523 g/mol. The van der Waals surface area contributed by atoms with Gasteiger partial charge in [-0.3, -0.25) is 9.59 Å². The van der Waals surface area contributed by atoms with E-state index in [2.05, 4.69) is 0 Å². The lowest BCUT2D eigenvalue weighted by molar-refractivity contribution is -0.140. The van der Waals surface area contributed by atoms with Crippen molar-refractivity contribution in [2.75, 3.05) is 28.4 Å². The lowest BCUT2D eigenvalue weighted by Crippen LogP contribution is -2.13. The number of methoxy groups -OCH3 is 4. The van der Waals surface area contributed by atoms with Crippen LogP contribution in [0.2, 0.25) is 0 Å². The number of carbonyl (C=O) groups excluding carboxylic acids is 1. The van der Waals surface area contributed by atoms with E-state index in [1.165, 1.54) is 40.6 Å². The summed E-state index contributed by atoms with van der Waals surface area (Å²) in [6.07, 6.45) is -0.367. The maximum atomic E-state index is 13.2. The summed E-state index contributed by atoms with van der Waals surface area (Å²) in [4.78, 5) is 25.8. The first-order valence-electron chi connectivity index (χ1n) is 11.4. The second-order valence-corrected chi connectivity index (χ2v) is 8.29. The fraction of sp³-hybridized carbons (Fsp3) is 0.214. The van der Waals surface area contributed by atoms with Crippen molar-refractivity contribution in [1.82, 2.24) is 0 Å². The first-order valence-corrected chi connectivity index (χ1v) is 11.4. The Balaban J connectivity index is 2.14. The van der Waals surface area contributed by atoms with E-state index in [1.807, 2.05) is 0 Å². The van der Waals surface area contributed by atoms with Crippen molar-refractivity contribution in [2.24, 2.45) is 0 Å². The van der Waals surface area contributed by atoms with Crippen molar-refractivity contribution < 1.29 is 43.5 Å². The number of fused-ring (bicyclic) bond motifs is 1. The highest BCUT2D eigenvalue weighted by Gasteiger charge is 2.33. The number of phenols is 3. The van der Waals surface area contributed by atoms with E-state index in [1.54, 1.807) is 36.4 Å². The van der Waals surface area contributed by atoms with Crippen LogP contribution in [0.4, 0.5) is 0 Å². The van der Waals surface area contributed by atoms with Gasteiger partial charge in [0, 0.05) is 34.7 Å². The molecule has 3 aromatic carbocycles. The zero-order chi connectivity index (χ0) is 27.6. The van der Waals surface area contributed by atoms with Gasteiger partial charge in [-0.25, -0.2) is 0 Å². The van der Waals surface area contributed by atoms with Crippen molar-refractivity contribution in [3.8, 4) is 45.8 Å². The minimum Gasteiger partial charge on any atom is -0.504 e. The van der Waals surface area contributed by atoms with Gasteiger partial charge in [0.2, 0.25) is 5.75 Å². The molecule has 0 aliphatic heterocycles. The summed E-state index contributed by atoms with van der Waals surface area (Å²) in [5, 5.41) is 32.0. The third kappa shape index (κ3) is 4.52. The average Bonchev–Trinajstić information content (AvgIpc) is 2.94. The number of hydrogen-bond acceptors (Lipinski definition) is 10. The van der Waals surface area contributed by atoms with Crippen LogP contribution in [0.5, 0.6) is 34.5 Å². The van der Waals surface area contributed by atoms with Gasteiger partial charge < -0.3 is 38.7 Å². The van der Waals surface area contributed by atoms with Crippen molar-refractivity contribution in [1.29, 1.82) is 0 Å². The van der Waals surface area contributed by atoms with Crippen molar-refractivity contribution >= 4 is 16.9 Å². The second kappa shape index (κ2) is 10.6. The fourth-order valence-electron chi connectivity index (χ4n) is 4.38. The smallest absolute Gasteiger partial charge is 0.306 e. The molecule has 0 fully saturated rings. The standard InChI is InChI=1S/C28H26O10/c1-34-19-13-21(36-3)20(35-2)10-15(19)16(11-22(30)37-4)23-25(31)27(33)26(32)24-17(29)12-18(38-28(23)24)14-8-6-5-7-9-14/h5-10,12-13,16,31-33H,11H2,1-4H3/t16-/m0/s1. The maximum Gasteiger partial charge on any atom is 0.306 e. The molecule has 0 unspecified atom stereocenters. The molecule has 198 valence electrons. The Morgan fingerprint density at radius 1 is 0.842 bits per heavy atom. The first-order chi connectivity index (χ1) is 18.2. The predicted molar refractivity (Wildman–Crippen MR) is 137 cm³/mol. The highest BCUT2D eigenvalue weighted by atomic mass is 16.5. The summed E-state index contributed by atoms with van der Waals surface area (Å²) >= 11 is 0. The number of hydrogen-bond donors (Lipinski definition) is 3. The SMILES string of the molecule is COC(=O)C[C@@H](c1cc(OC)c(OC)cc1OC)c1c(O)c(O)c(O)c2c(=O)cc(-c3ccccc3)oc12. The Labute approximate surface area is 217 Å². The maximum absolute atomic E-state index is 13.2. The van der Waals surface area contributed by atoms with Gasteiger partial charge in [-0.1, -0.05) is 30.3 Å². The van der Waals surface area contributed by atoms with Crippen molar-refractivity contribution in [3.05, 3.63) is 69.9 Å². The first kappa shape index (κ1) is 26.2. The lowest BCUT2D eigenvalue weighted by Gasteiger charge is -2.23. The number of rotatable bonds is 8. The molecule has 1 aromatic heterocycles. The molecule has 0 spiro atoms. The zero-order valence-corrected chi connectivity index (χ0v) is 21.1. The van der Waals surface area contributed by atoms with Crippen LogP contribution in [0.15, 0.2) is 57.7 Å². The molecule has 0 radical (unpaired) electrons. The minimum absolute atomic E-state index is 0.138. The largest absolute Gasteiger partial charge is 0.504 e. The zero-order valence-electron chi connectivity index (χ0n) is 21.1. The molecular formula is C28H26O10. The summed E-state index contributed by atoms with van der Waals surface area (Å²) in [6, 6.07) is 13.0. The second-order valence-electron chi connectivity index (χ2n) is 8.29. The number of carbonyl (C=O) groups is 1. The summed E-state index contributed by atoms with van der Waals surface area (Å²) in [5.74, 6) is -3.33. The molecule has 4 rings (SSSR count). The topological polar surface area (TPSA) is 145 Å². The van der Waals surface area contributed by atoms with Crippen LogP contribution < -0.4 is 19.6 Å². The molecule has 10 nitrogen and oxygen atoms in total. The minimum atomic E-state index is -1.10. The Bertz CT molecular complexity index is 1560. The van der Waals surface area contributed by atoms with Crippen molar-refractivity contribution in [3.63, 3.8) is 0 Å². The van der Waals surface area contributed by atoms with E-state index in [0.29, 0.717) is 16.9 Å². The highest BCUT2D eigenvalue weighted by Crippen LogP contribution is 2.51. The number of benzene rings is 3. The summed E-state index contributed by atoms with van der Waals surface area (Å²) < 4.78 is 27.3. The lowest BCUT2D eigenvalue weighted by atomic mass is 9.85. The molecule has 0 amide bonds. The quantitative estimate of drug-likeness (QED) is 0.226. The van der Waals surface area contributed by atoms with Gasteiger partial charge in [-0.15, -0.1) is 0 Å². The van der Waals surface area contributed by atoms with Gasteiger partial charge >= 0.3 is 5.97 Å². The summed E-state index contributed by atoms with van der Waals surface area (Å²) in [6.45, 7) is 0. The van der Waals surface area contributed by atoms with Gasteiger partial charge in [-0.2, -0.15) is 0 Å². The molecule has 0 saturated heterocycles. The van der Waals surface area contributed by atoms with E-state index in [4.69, 9.17) is 23.4 Å². The molecule has 1 heterocycles. The van der Waals surface area contributed by atoms with Gasteiger partial charge in [0.15, 0.2) is 28.4 Å². The normalized spacial score (nSPS) is 11.7. The highest BCUT2D eigenvalue weighted by molar-refractivity contribution is 5.94. The molecule has 0 aliphatic carbocycles. The molecule has 10 heteroatoms. The molecule has 0 saturated carbocycles. The molecule has 0 aliphatic rings. The van der Waals surface area contributed by atoms with E-state index < -0.39 is 34.6 Å². The van der Waals surface area contributed by atoms with Gasteiger partial charge in [0.25, 0.3) is 0 Å². The summed E-state index contributed by atoms with van der Waals surface area (Å²) in [7, 11) is 5.47. The Hall–Kier alpha value is -4.86. The molecule has 38 heavy (non-hydrogen) atoms. The van der Waals surface area contributed by atoms with E-state index in [0.717, 1.165) is 0 Å². The van der Waals surface area contributed by atoms with Crippen LogP contribution in [-0.2, 0) is 9.53 Å². The van der Waals surface area contributed by atoms with Crippen LogP contribution in [0, 0.1) is 0 Å². The summed E-state index contributed by atoms with van der Waals surface area (Å²) in [5.41, 5.74) is -0.158. The molecule has 4 aromatic rings. The Kier molecular flexibility index (Phi) is 7.33. The Morgan fingerprint density at radius 3 is 2.08 bits per heavy atom. The number of esters is 1. The van der Waals surface area contributed by atoms with E-state index >= 15 is 0 Å². The third-order valence-corrected chi connectivity index (χ3v) is 6.25. The number of phenolic OH excluding ortho intramolecular Hbond substituents is 3. The predicted octanol–water partition coefficient (Wildman–Crippen LogP) is 4.30. The van der Waals surface area contributed by atoms with Crippen LogP contribution in [0.3, 0.4) is 0 Å². The van der Waals surface area contributed by atoms with Crippen molar-refractivity contribution in [2.45, 2.75) is 12.3 Å². The van der Waals surface area contributed by atoms with E-state index in [-0.39, 0.29) is 40.2 Å². The van der Waals surface area contributed by atoms with Crippen LogP contribution in [0.25, 0.3) is 22.3 Å². The Morgan fingerprint density at radius 2 is 1.47 bits per heavy atom. The van der Waals surface area contributed by atoms with Crippen LogP contribution in [0.1, 0.15) is 23.5 Å². The van der Waals surface area contributed by atoms with E-state index in [9.17, 15) is 24.9 Å². The van der Waals surface area contributed by atoms with Crippen LogP contribution >= 0.6 is 0 Å². The number of ether oxygens (including phenoxy) is 4. The van der Waals surface area contributed by atoms with Gasteiger partial charge in [0.05, 0.1) is 34.9 Å². The monoisotopic (exact) mass is 522 g/mol. The molecule has 1 atom stereocenters. The van der Waals surface area contributed by atoms with Gasteiger partial charge in [0.1, 0.15) is 22.5 Å².